The van der Waals surface area contributed by atoms with Crippen LogP contribution in [0, 0.1) is 0 Å². The topological polar surface area (TPSA) is 84.7 Å². The number of nitrogens with one attached hydrogen (secondary N) is 1. The van der Waals surface area contributed by atoms with Crippen molar-refractivity contribution in [1.82, 2.24) is 5.16 Å². The number of thiophene rings is 1. The Morgan fingerprint density at radius 2 is 2.22 bits per heavy atom. The molecule has 7 nitrogen and oxygen atoms in total. The van der Waals surface area contributed by atoms with E-state index in [9.17, 15) is 9.59 Å². The number of rotatable bonds is 5. The van der Waals surface area contributed by atoms with Crippen molar-refractivity contribution < 1.29 is 18.8 Å². The summed E-state index contributed by atoms with van der Waals surface area (Å²) in [5.41, 5.74) is 1.45. The highest BCUT2D eigenvalue weighted by molar-refractivity contribution is 7.13. The molecule has 1 aliphatic heterocycles. The number of amides is 2. The Bertz CT molecular complexity index is 981. The van der Waals surface area contributed by atoms with E-state index in [-0.39, 0.29) is 17.5 Å². The maximum atomic E-state index is 12.5. The maximum Gasteiger partial charge on any atom is 0.277 e. The normalized spacial score (nSPS) is 13.8. The number of hydrogen-bond acceptors (Lipinski definition) is 6. The summed E-state index contributed by atoms with van der Waals surface area (Å²) < 4.78 is 10.7. The minimum Gasteiger partial charge on any atom is -0.494 e. The summed E-state index contributed by atoms with van der Waals surface area (Å²) in [5.74, 6) is 0.778. The fraction of sp³-hybridized carbons (Fsp3) is 0.211. The minimum atomic E-state index is -0.381. The Morgan fingerprint density at radius 1 is 1.33 bits per heavy atom. The summed E-state index contributed by atoms with van der Waals surface area (Å²) in [6.45, 7) is 0.672. The van der Waals surface area contributed by atoms with Gasteiger partial charge in [-0.3, -0.25) is 9.59 Å². The quantitative estimate of drug-likeness (QED) is 0.725. The van der Waals surface area contributed by atoms with Crippen LogP contribution in [0.3, 0.4) is 0 Å². The molecule has 0 spiro atoms. The standard InChI is InChI=1S/C19H17N3O4S/c1-25-15-10-12(6-7-14(15)22-8-2-5-18(22)23)20-19(24)13-11-16(26-21-13)17-4-3-9-27-17/h3-4,6-7,9-11H,2,5,8H2,1H3,(H,20,24). The van der Waals surface area contributed by atoms with Crippen molar-refractivity contribution in [2.24, 2.45) is 0 Å². The van der Waals surface area contributed by atoms with Crippen LogP contribution in [0.25, 0.3) is 10.6 Å². The van der Waals surface area contributed by atoms with E-state index in [1.54, 1.807) is 29.2 Å². The van der Waals surface area contributed by atoms with Crippen LogP contribution in [0.2, 0.25) is 0 Å². The number of hydrogen-bond donors (Lipinski definition) is 1. The molecule has 3 aromatic rings. The van der Waals surface area contributed by atoms with E-state index in [2.05, 4.69) is 10.5 Å². The van der Waals surface area contributed by atoms with Crippen molar-refractivity contribution in [2.45, 2.75) is 12.8 Å². The predicted octanol–water partition coefficient (Wildman–Crippen LogP) is 3.79. The molecule has 0 bridgehead atoms. The molecule has 1 fully saturated rings. The largest absolute Gasteiger partial charge is 0.494 e. The molecule has 0 radical (unpaired) electrons. The molecular weight excluding hydrogens is 366 g/mol. The lowest BCUT2D eigenvalue weighted by Crippen LogP contribution is -2.24. The van der Waals surface area contributed by atoms with Crippen LogP contribution in [-0.4, -0.2) is 30.6 Å². The summed E-state index contributed by atoms with van der Waals surface area (Å²) in [6, 6.07) is 10.6. The first-order valence-electron chi connectivity index (χ1n) is 8.46. The fourth-order valence-electron chi connectivity index (χ4n) is 2.99. The monoisotopic (exact) mass is 383 g/mol. The number of benzene rings is 1. The smallest absolute Gasteiger partial charge is 0.277 e. The third-order valence-corrected chi connectivity index (χ3v) is 5.19. The van der Waals surface area contributed by atoms with Crippen LogP contribution in [0.15, 0.2) is 46.3 Å². The first-order chi connectivity index (χ1) is 13.2. The second-order valence-corrected chi connectivity index (χ2v) is 6.99. The van der Waals surface area contributed by atoms with Gasteiger partial charge in [-0.2, -0.15) is 0 Å². The lowest BCUT2D eigenvalue weighted by atomic mass is 10.2. The Morgan fingerprint density at radius 3 is 2.93 bits per heavy atom. The fourth-order valence-corrected chi connectivity index (χ4v) is 3.67. The molecule has 138 valence electrons. The Hall–Kier alpha value is -3.13. The Kier molecular flexibility index (Phi) is 4.64. The van der Waals surface area contributed by atoms with Crippen LogP contribution >= 0.6 is 11.3 Å². The van der Waals surface area contributed by atoms with Crippen LogP contribution in [0.1, 0.15) is 23.3 Å². The van der Waals surface area contributed by atoms with Gasteiger partial charge in [-0.25, -0.2) is 0 Å². The van der Waals surface area contributed by atoms with Crippen LogP contribution in [0.4, 0.5) is 11.4 Å². The Labute approximate surface area is 159 Å². The van der Waals surface area contributed by atoms with Gasteiger partial charge in [-0.05, 0) is 30.0 Å². The van der Waals surface area contributed by atoms with Gasteiger partial charge in [0.05, 0.1) is 17.7 Å². The maximum absolute atomic E-state index is 12.5. The van der Waals surface area contributed by atoms with Crippen molar-refractivity contribution >= 4 is 34.5 Å². The van der Waals surface area contributed by atoms with Gasteiger partial charge in [-0.15, -0.1) is 11.3 Å². The average molecular weight is 383 g/mol. The molecule has 3 heterocycles. The number of aromatic nitrogens is 1. The van der Waals surface area contributed by atoms with E-state index < -0.39 is 0 Å². The molecule has 2 aromatic heterocycles. The molecule has 8 heteroatoms. The van der Waals surface area contributed by atoms with Crippen LogP contribution < -0.4 is 15.0 Å². The summed E-state index contributed by atoms with van der Waals surface area (Å²) in [5, 5.41) is 8.54. The summed E-state index contributed by atoms with van der Waals surface area (Å²) in [7, 11) is 1.54. The minimum absolute atomic E-state index is 0.0776. The number of carbonyl (C=O) groups excluding carboxylic acids is 2. The van der Waals surface area contributed by atoms with Gasteiger partial charge in [0.2, 0.25) is 5.91 Å². The highest BCUT2D eigenvalue weighted by atomic mass is 32.1. The second-order valence-electron chi connectivity index (χ2n) is 6.04. The lowest BCUT2D eigenvalue weighted by molar-refractivity contribution is -0.117. The predicted molar refractivity (Wildman–Crippen MR) is 102 cm³/mol. The molecule has 1 N–H and O–H groups in total. The van der Waals surface area contributed by atoms with E-state index in [0.717, 1.165) is 11.3 Å². The molecule has 0 saturated carbocycles. The first kappa shape index (κ1) is 17.3. The van der Waals surface area contributed by atoms with Crippen molar-refractivity contribution in [1.29, 1.82) is 0 Å². The number of methoxy groups -OCH3 is 1. The third kappa shape index (κ3) is 3.43. The van der Waals surface area contributed by atoms with E-state index in [4.69, 9.17) is 9.26 Å². The van der Waals surface area contributed by atoms with Crippen LogP contribution in [-0.2, 0) is 4.79 Å². The first-order valence-corrected chi connectivity index (χ1v) is 9.34. The van der Waals surface area contributed by atoms with Crippen molar-refractivity contribution in [2.75, 3.05) is 23.9 Å². The second kappa shape index (κ2) is 7.24. The van der Waals surface area contributed by atoms with Gasteiger partial charge < -0.3 is 19.5 Å². The number of anilines is 2. The molecule has 1 aliphatic rings. The molecule has 0 aliphatic carbocycles. The van der Waals surface area contributed by atoms with Gasteiger partial charge in [0, 0.05) is 30.8 Å². The molecular formula is C19H17N3O4S. The zero-order valence-corrected chi connectivity index (χ0v) is 15.4. The van der Waals surface area contributed by atoms with Gasteiger partial charge in [0.1, 0.15) is 5.75 Å². The van der Waals surface area contributed by atoms with E-state index in [1.807, 2.05) is 17.5 Å². The van der Waals surface area contributed by atoms with E-state index >= 15 is 0 Å². The number of nitrogens with zero attached hydrogens (tertiary/aromatic N) is 2. The third-order valence-electron chi connectivity index (χ3n) is 4.31. The van der Waals surface area contributed by atoms with Crippen molar-refractivity contribution in [3.8, 4) is 16.4 Å². The van der Waals surface area contributed by atoms with Gasteiger partial charge in [0.25, 0.3) is 5.91 Å². The number of ether oxygens (including phenoxy) is 1. The highest BCUT2D eigenvalue weighted by Crippen LogP contribution is 2.34. The van der Waals surface area contributed by atoms with Gasteiger partial charge in [-0.1, -0.05) is 11.2 Å². The van der Waals surface area contributed by atoms with Crippen molar-refractivity contribution in [3.63, 3.8) is 0 Å². The zero-order valence-electron chi connectivity index (χ0n) is 14.6. The molecule has 1 saturated heterocycles. The van der Waals surface area contributed by atoms with Gasteiger partial charge in [0.15, 0.2) is 11.5 Å². The molecule has 4 rings (SSSR count). The van der Waals surface area contributed by atoms with Crippen molar-refractivity contribution in [3.05, 3.63) is 47.5 Å². The van der Waals surface area contributed by atoms with Gasteiger partial charge >= 0.3 is 0 Å². The lowest BCUT2D eigenvalue weighted by Gasteiger charge is -2.19. The van der Waals surface area contributed by atoms with E-state index in [0.29, 0.717) is 35.9 Å². The average Bonchev–Trinajstić information content (AvgIpc) is 3.42. The molecule has 2 amide bonds. The highest BCUT2D eigenvalue weighted by Gasteiger charge is 2.24. The van der Waals surface area contributed by atoms with Crippen LogP contribution in [0.5, 0.6) is 5.75 Å². The summed E-state index contributed by atoms with van der Waals surface area (Å²) >= 11 is 1.51. The Balaban J connectivity index is 1.52. The summed E-state index contributed by atoms with van der Waals surface area (Å²) in [4.78, 5) is 27.0. The van der Waals surface area contributed by atoms with E-state index in [1.165, 1.54) is 18.4 Å². The molecule has 27 heavy (non-hydrogen) atoms. The number of carbonyl (C=O) groups is 2. The molecule has 1 aromatic carbocycles. The zero-order chi connectivity index (χ0) is 18.8. The molecule has 0 unspecified atom stereocenters. The summed E-state index contributed by atoms with van der Waals surface area (Å²) in [6.07, 6.45) is 1.37. The molecule has 0 atom stereocenters. The SMILES string of the molecule is COc1cc(NC(=O)c2cc(-c3cccs3)on2)ccc1N1CCCC1=O.